The Labute approximate surface area is 116 Å². The minimum atomic E-state index is -1.53. The van der Waals surface area contributed by atoms with Crippen LogP contribution in [0.4, 0.5) is 5.69 Å². The number of carboxylic acid groups (broad SMARTS) is 1. The van der Waals surface area contributed by atoms with Gasteiger partial charge in [0.1, 0.15) is 12.3 Å². The van der Waals surface area contributed by atoms with Crippen LogP contribution in [0.25, 0.3) is 5.69 Å². The lowest BCUT2D eigenvalue weighted by molar-refractivity contribution is -0.385. The van der Waals surface area contributed by atoms with Gasteiger partial charge in [0.25, 0.3) is 0 Å². The van der Waals surface area contributed by atoms with E-state index < -0.39 is 22.3 Å². The van der Waals surface area contributed by atoms with Crippen LogP contribution in [-0.4, -0.2) is 25.8 Å². The van der Waals surface area contributed by atoms with E-state index in [-0.39, 0.29) is 16.3 Å². The normalized spacial score (nSPS) is 10.0. The van der Waals surface area contributed by atoms with Crippen molar-refractivity contribution in [3.63, 3.8) is 0 Å². The van der Waals surface area contributed by atoms with E-state index >= 15 is 0 Å². The molecular weight excluding hydrogens is 288 g/mol. The van der Waals surface area contributed by atoms with Crippen molar-refractivity contribution in [1.29, 1.82) is 5.26 Å². The molecule has 1 aromatic carbocycles. The molecule has 0 fully saturated rings. The highest BCUT2D eigenvalue weighted by Gasteiger charge is 2.26. The van der Waals surface area contributed by atoms with Gasteiger partial charge < -0.3 is 5.11 Å². The van der Waals surface area contributed by atoms with Crippen LogP contribution in [0.5, 0.6) is 0 Å². The number of carboxylic acids is 1. The minimum Gasteiger partial charge on any atom is -0.476 e. The van der Waals surface area contributed by atoms with E-state index in [2.05, 4.69) is 5.10 Å². The van der Waals surface area contributed by atoms with Crippen molar-refractivity contribution >= 4 is 23.3 Å². The Kier molecular flexibility index (Phi) is 3.37. The highest BCUT2D eigenvalue weighted by Crippen LogP contribution is 2.25. The van der Waals surface area contributed by atoms with Crippen molar-refractivity contribution < 1.29 is 14.8 Å². The zero-order valence-electron chi connectivity index (χ0n) is 9.65. The molecule has 1 aromatic heterocycles. The molecule has 2 aromatic rings. The SMILES string of the molecule is N#Cc1c(Cl)cccc1-n1cc([N+](=O)[O-])c(C(=O)O)n1. The number of nitrogens with zero attached hydrogens (tertiary/aromatic N) is 4. The smallest absolute Gasteiger partial charge is 0.363 e. The molecule has 0 unspecified atom stereocenters. The molecule has 20 heavy (non-hydrogen) atoms. The summed E-state index contributed by atoms with van der Waals surface area (Å²) in [6, 6.07) is 6.28. The second-order valence-electron chi connectivity index (χ2n) is 3.62. The van der Waals surface area contributed by atoms with Gasteiger partial charge >= 0.3 is 11.7 Å². The van der Waals surface area contributed by atoms with Crippen LogP contribution in [0.1, 0.15) is 16.1 Å². The second kappa shape index (κ2) is 4.99. The first-order valence-corrected chi connectivity index (χ1v) is 5.50. The van der Waals surface area contributed by atoms with Crippen molar-refractivity contribution in [3.05, 3.63) is 50.8 Å². The summed E-state index contributed by atoms with van der Waals surface area (Å²) in [5, 5.41) is 32.5. The van der Waals surface area contributed by atoms with E-state index in [1.807, 2.05) is 6.07 Å². The zero-order valence-corrected chi connectivity index (χ0v) is 10.4. The molecule has 0 amide bonds. The Morgan fingerprint density at radius 3 is 2.75 bits per heavy atom. The van der Waals surface area contributed by atoms with Gasteiger partial charge in [-0.25, -0.2) is 9.48 Å². The summed E-state index contributed by atoms with van der Waals surface area (Å²) in [5.74, 6) is -1.53. The van der Waals surface area contributed by atoms with Crippen LogP contribution < -0.4 is 0 Å². The van der Waals surface area contributed by atoms with E-state index in [4.69, 9.17) is 22.0 Å². The maximum atomic E-state index is 10.9. The third-order valence-corrected chi connectivity index (χ3v) is 2.76. The first kappa shape index (κ1) is 13.5. The van der Waals surface area contributed by atoms with E-state index in [1.165, 1.54) is 18.2 Å². The molecule has 9 heteroatoms. The Hall–Kier alpha value is -2.92. The fraction of sp³-hybridized carbons (Fsp3) is 0. The highest BCUT2D eigenvalue weighted by molar-refractivity contribution is 6.32. The van der Waals surface area contributed by atoms with Crippen molar-refractivity contribution in [2.24, 2.45) is 0 Å². The first-order chi connectivity index (χ1) is 9.45. The third-order valence-electron chi connectivity index (χ3n) is 2.44. The van der Waals surface area contributed by atoms with Crippen LogP contribution in [-0.2, 0) is 0 Å². The van der Waals surface area contributed by atoms with Gasteiger partial charge in [-0.15, -0.1) is 0 Å². The predicted octanol–water partition coefficient (Wildman–Crippen LogP) is 2.00. The molecule has 0 saturated carbocycles. The van der Waals surface area contributed by atoms with Gasteiger partial charge in [-0.2, -0.15) is 10.4 Å². The Morgan fingerprint density at radius 2 is 2.25 bits per heavy atom. The van der Waals surface area contributed by atoms with Crippen molar-refractivity contribution in [2.45, 2.75) is 0 Å². The Morgan fingerprint density at radius 1 is 1.55 bits per heavy atom. The number of nitriles is 1. The van der Waals surface area contributed by atoms with Gasteiger partial charge in [-0.3, -0.25) is 10.1 Å². The van der Waals surface area contributed by atoms with Gasteiger partial charge in [-0.1, -0.05) is 17.7 Å². The van der Waals surface area contributed by atoms with Crippen molar-refractivity contribution in [3.8, 4) is 11.8 Å². The molecule has 0 spiro atoms. The summed E-state index contributed by atoms with van der Waals surface area (Å²) < 4.78 is 0.950. The summed E-state index contributed by atoms with van der Waals surface area (Å²) in [4.78, 5) is 20.9. The van der Waals surface area contributed by atoms with Gasteiger partial charge in [0.05, 0.1) is 21.2 Å². The lowest BCUT2D eigenvalue weighted by Gasteiger charge is -2.04. The molecule has 0 saturated heterocycles. The molecule has 0 bridgehead atoms. The van der Waals surface area contributed by atoms with E-state index in [1.54, 1.807) is 0 Å². The van der Waals surface area contributed by atoms with Gasteiger partial charge in [0, 0.05) is 0 Å². The number of aromatic carboxylic acids is 1. The standard InChI is InChI=1S/C11H5ClN4O4/c12-7-2-1-3-8(6(7)4-13)15-5-9(16(19)20)10(14-15)11(17)18/h1-3,5H,(H,17,18). The molecule has 8 nitrogen and oxygen atoms in total. The maximum Gasteiger partial charge on any atom is 0.363 e. The van der Waals surface area contributed by atoms with Crippen LogP contribution in [0.3, 0.4) is 0 Å². The number of nitro groups is 1. The second-order valence-corrected chi connectivity index (χ2v) is 4.02. The van der Waals surface area contributed by atoms with Crippen LogP contribution >= 0.6 is 11.6 Å². The Bertz CT molecular complexity index is 731. The number of halogens is 1. The van der Waals surface area contributed by atoms with Crippen molar-refractivity contribution in [2.75, 3.05) is 0 Å². The summed E-state index contributed by atoms with van der Waals surface area (Å²) in [6.07, 6.45) is 0.927. The van der Waals surface area contributed by atoms with Gasteiger partial charge in [0.15, 0.2) is 0 Å². The van der Waals surface area contributed by atoms with Gasteiger partial charge in [-0.05, 0) is 12.1 Å². The molecule has 1 N–H and O–H groups in total. The number of rotatable bonds is 3. The van der Waals surface area contributed by atoms with E-state index in [9.17, 15) is 14.9 Å². The number of hydrogen-bond acceptors (Lipinski definition) is 5. The minimum absolute atomic E-state index is 0.0449. The number of aromatic nitrogens is 2. The zero-order chi connectivity index (χ0) is 14.9. The topological polar surface area (TPSA) is 122 Å². The fourth-order valence-corrected chi connectivity index (χ4v) is 1.80. The molecular formula is C11H5ClN4O4. The number of hydrogen-bond donors (Lipinski definition) is 1. The lowest BCUT2D eigenvalue weighted by Crippen LogP contribution is -2.03. The average Bonchev–Trinajstić information content (AvgIpc) is 2.83. The van der Waals surface area contributed by atoms with Crippen molar-refractivity contribution in [1.82, 2.24) is 9.78 Å². The van der Waals surface area contributed by atoms with Crippen LogP contribution in [0, 0.1) is 21.4 Å². The van der Waals surface area contributed by atoms with Crippen LogP contribution in [0.2, 0.25) is 5.02 Å². The predicted molar refractivity (Wildman–Crippen MR) is 66.9 cm³/mol. The molecule has 0 aliphatic heterocycles. The quantitative estimate of drug-likeness (QED) is 0.682. The first-order valence-electron chi connectivity index (χ1n) is 5.12. The number of benzene rings is 1. The average molecular weight is 293 g/mol. The van der Waals surface area contributed by atoms with E-state index in [0.29, 0.717) is 0 Å². The molecule has 0 aliphatic rings. The summed E-state index contributed by atoms with van der Waals surface area (Å²) in [6.45, 7) is 0. The number of carbonyl (C=O) groups is 1. The summed E-state index contributed by atoms with van der Waals surface area (Å²) >= 11 is 5.84. The third kappa shape index (κ3) is 2.17. The van der Waals surface area contributed by atoms with Crippen LogP contribution in [0.15, 0.2) is 24.4 Å². The molecule has 1 heterocycles. The van der Waals surface area contributed by atoms with E-state index in [0.717, 1.165) is 10.9 Å². The highest BCUT2D eigenvalue weighted by atomic mass is 35.5. The monoisotopic (exact) mass is 292 g/mol. The fourth-order valence-electron chi connectivity index (χ4n) is 1.59. The molecule has 0 atom stereocenters. The summed E-state index contributed by atoms with van der Waals surface area (Å²) in [5.41, 5.74) is -1.17. The largest absolute Gasteiger partial charge is 0.476 e. The molecule has 100 valence electrons. The lowest BCUT2D eigenvalue weighted by atomic mass is 10.2. The molecule has 0 aliphatic carbocycles. The van der Waals surface area contributed by atoms with Gasteiger partial charge in [0.2, 0.25) is 5.69 Å². The molecule has 2 rings (SSSR count). The molecule has 0 radical (unpaired) electrons. The Balaban J connectivity index is 2.70. The maximum absolute atomic E-state index is 10.9. The summed E-state index contributed by atoms with van der Waals surface area (Å²) in [7, 11) is 0.